The molecule has 17 heteroatoms. The highest BCUT2D eigenvalue weighted by molar-refractivity contribution is 7.99. The fraction of sp³-hybridized carbons (Fsp3) is 0.426. The van der Waals surface area contributed by atoms with Crippen LogP contribution in [0.15, 0.2) is 112 Å². The van der Waals surface area contributed by atoms with Crippen molar-refractivity contribution in [2.24, 2.45) is 5.41 Å². The molecule has 1 amide bonds. The zero-order chi connectivity index (χ0) is 44.4. The molecule has 0 spiro atoms. The number of nitro groups is 1. The topological polar surface area (TPSA) is 149 Å². The van der Waals surface area contributed by atoms with Crippen molar-refractivity contribution < 1.29 is 22.9 Å². The van der Waals surface area contributed by atoms with Crippen LogP contribution in [0, 0.1) is 15.5 Å². The fourth-order valence-corrected chi connectivity index (χ4v) is 11.0. The van der Waals surface area contributed by atoms with Gasteiger partial charge in [0.05, 0.1) is 9.82 Å². The zero-order valence-electron chi connectivity index (χ0n) is 36.5. The molecule has 2 atom stereocenters. The van der Waals surface area contributed by atoms with E-state index in [9.17, 15) is 23.3 Å². The second-order valence-electron chi connectivity index (χ2n) is 17.0. The van der Waals surface area contributed by atoms with Crippen molar-refractivity contribution in [3.63, 3.8) is 0 Å². The number of nitrogens with one attached hydrogen (secondary N) is 3. The molecule has 2 aliphatic heterocycles. The Kier molecular flexibility index (Phi) is 17.6. The molecule has 0 bridgehead atoms. The summed E-state index contributed by atoms with van der Waals surface area (Å²) in [6.07, 6.45) is 3.85. The quantitative estimate of drug-likeness (QED) is 0.0503. The maximum atomic E-state index is 13.4. The number of rotatable bonds is 18. The van der Waals surface area contributed by atoms with Gasteiger partial charge < -0.3 is 25.2 Å². The SMILES string of the molecule is COCC[C@H](CSc1ccccc1)Nc1ccc(S(=O)(=O)NC(=O)c2ccc(N3CCN(CC4=C(c5ccc(Cl)cc5)CCC(C)(CN5CCNCC5)C4)CC3)cc2)cc1[N+](=O)[O-].Cl. The van der Waals surface area contributed by atoms with Crippen molar-refractivity contribution in [1.82, 2.24) is 19.8 Å². The second-order valence-corrected chi connectivity index (χ2v) is 20.2. The first kappa shape index (κ1) is 49.2. The molecule has 3 N–H and O–H groups in total. The fourth-order valence-electron chi connectivity index (χ4n) is 8.85. The highest BCUT2D eigenvalue weighted by Crippen LogP contribution is 2.44. The van der Waals surface area contributed by atoms with Crippen molar-refractivity contribution in [3.05, 3.63) is 129 Å². The minimum atomic E-state index is -4.44. The first-order valence-corrected chi connectivity index (χ1v) is 24.5. The first-order valence-electron chi connectivity index (χ1n) is 21.6. The number of benzene rings is 4. The lowest BCUT2D eigenvalue weighted by atomic mass is 9.71. The normalized spacial score (nSPS) is 19.1. The number of nitro benzene ring substituents is 1. The van der Waals surface area contributed by atoms with Crippen molar-refractivity contribution in [1.29, 1.82) is 0 Å². The largest absolute Gasteiger partial charge is 0.385 e. The number of sulfonamides is 1. The van der Waals surface area contributed by atoms with Crippen molar-refractivity contribution in [2.45, 2.75) is 48.4 Å². The number of amides is 1. The Hall–Kier alpha value is -4.19. The van der Waals surface area contributed by atoms with E-state index in [-0.39, 0.29) is 40.0 Å². The van der Waals surface area contributed by atoms with E-state index in [0.29, 0.717) is 18.8 Å². The van der Waals surface area contributed by atoms with Crippen LogP contribution >= 0.6 is 35.8 Å². The second kappa shape index (κ2) is 22.8. The highest BCUT2D eigenvalue weighted by atomic mass is 35.5. The van der Waals surface area contributed by atoms with Crippen LogP contribution in [-0.2, 0) is 14.8 Å². The standard InChI is InChI=1S/C47H58ClN7O6S2.ClH/c1-47(34-53-23-21-49-22-24-53)20-18-43(35-8-12-38(48)13-9-35)37(31-47)32-52-25-27-54(28-26-52)40-14-10-36(11-15-40)46(56)51-63(59,60)42-16-17-44(45(30-42)55(57)58)50-39(19-29-61-2)33-62-41-6-4-3-5-7-41;/h3-17,30,39,49-50H,18-29,31-34H2,1-2H3,(H,51,56);1H/t39-,47?;/m1./s1. The summed E-state index contributed by atoms with van der Waals surface area (Å²) in [5.41, 5.74) is 5.31. The van der Waals surface area contributed by atoms with Crippen LogP contribution in [0.25, 0.3) is 5.57 Å². The molecule has 344 valence electrons. The number of nitrogens with zero attached hydrogens (tertiary/aromatic N) is 4. The molecular formula is C47H59Cl2N7O6S2. The Balaban J connectivity index is 0.00000680. The number of allylic oxidation sites excluding steroid dienone is 1. The Morgan fingerprint density at radius 1 is 0.953 bits per heavy atom. The summed E-state index contributed by atoms with van der Waals surface area (Å²) in [4.78, 5) is 33.0. The van der Waals surface area contributed by atoms with Gasteiger partial charge >= 0.3 is 0 Å². The van der Waals surface area contributed by atoms with Crippen LogP contribution in [-0.4, -0.2) is 120 Å². The van der Waals surface area contributed by atoms with Gasteiger partial charge in [0.25, 0.3) is 21.6 Å². The Morgan fingerprint density at radius 2 is 1.66 bits per heavy atom. The molecule has 4 aromatic rings. The number of anilines is 2. The van der Waals surface area contributed by atoms with Gasteiger partial charge in [0.15, 0.2) is 0 Å². The van der Waals surface area contributed by atoms with E-state index in [2.05, 4.69) is 49.1 Å². The van der Waals surface area contributed by atoms with Crippen LogP contribution in [0.4, 0.5) is 17.1 Å². The van der Waals surface area contributed by atoms with E-state index in [1.165, 1.54) is 28.8 Å². The third-order valence-electron chi connectivity index (χ3n) is 12.3. The van der Waals surface area contributed by atoms with Gasteiger partial charge in [-0.05, 0) is 103 Å². The molecule has 0 aromatic heterocycles. The number of thioether (sulfide) groups is 1. The summed E-state index contributed by atoms with van der Waals surface area (Å²) in [5.74, 6) is -0.229. The van der Waals surface area contributed by atoms with Gasteiger partial charge in [-0.25, -0.2) is 13.1 Å². The maximum absolute atomic E-state index is 13.4. The van der Waals surface area contributed by atoms with Crippen molar-refractivity contribution in [3.8, 4) is 0 Å². The number of carbonyl (C=O) groups excluding carboxylic acids is 1. The van der Waals surface area contributed by atoms with Gasteiger partial charge in [0, 0.05) is 118 Å². The molecule has 2 fully saturated rings. The van der Waals surface area contributed by atoms with E-state index in [4.69, 9.17) is 16.3 Å². The molecule has 7 rings (SSSR count). The predicted octanol–water partition coefficient (Wildman–Crippen LogP) is 8.07. The van der Waals surface area contributed by atoms with E-state index < -0.39 is 26.5 Å². The summed E-state index contributed by atoms with van der Waals surface area (Å²) >= 11 is 7.88. The summed E-state index contributed by atoms with van der Waals surface area (Å²) in [6, 6.07) is 28.4. The monoisotopic (exact) mass is 951 g/mol. The maximum Gasteiger partial charge on any atom is 0.293 e. The van der Waals surface area contributed by atoms with Gasteiger partial charge in [-0.3, -0.25) is 19.8 Å². The number of ether oxygens (including phenoxy) is 1. The highest BCUT2D eigenvalue weighted by Gasteiger charge is 2.35. The smallest absolute Gasteiger partial charge is 0.293 e. The molecule has 64 heavy (non-hydrogen) atoms. The van der Waals surface area contributed by atoms with E-state index in [0.717, 1.165) is 106 Å². The molecule has 2 saturated heterocycles. The van der Waals surface area contributed by atoms with E-state index in [1.807, 2.05) is 54.6 Å². The number of halogens is 2. The molecule has 1 unspecified atom stereocenters. The summed E-state index contributed by atoms with van der Waals surface area (Å²) in [7, 11) is -2.85. The lowest BCUT2D eigenvalue weighted by molar-refractivity contribution is -0.384. The first-order chi connectivity index (χ1) is 30.4. The third kappa shape index (κ3) is 13.2. The summed E-state index contributed by atoms with van der Waals surface area (Å²) in [6.45, 7) is 12.6. The third-order valence-corrected chi connectivity index (χ3v) is 15.0. The minimum absolute atomic E-state index is 0. The zero-order valence-corrected chi connectivity index (χ0v) is 39.7. The molecule has 13 nitrogen and oxygen atoms in total. The number of carbonyl (C=O) groups is 1. The van der Waals surface area contributed by atoms with Crippen LogP contribution < -0.4 is 20.3 Å². The lowest BCUT2D eigenvalue weighted by Crippen LogP contribution is -2.49. The Labute approximate surface area is 392 Å². The summed E-state index contributed by atoms with van der Waals surface area (Å²) in [5, 5.41) is 19.6. The van der Waals surface area contributed by atoms with Crippen molar-refractivity contribution in [2.75, 3.05) is 95.1 Å². The van der Waals surface area contributed by atoms with Crippen LogP contribution in [0.3, 0.4) is 0 Å². The molecule has 3 aliphatic rings. The molecule has 0 radical (unpaired) electrons. The molecule has 4 aromatic carbocycles. The number of hydrogen-bond acceptors (Lipinski definition) is 12. The van der Waals surface area contributed by atoms with E-state index >= 15 is 0 Å². The summed E-state index contributed by atoms with van der Waals surface area (Å²) < 4.78 is 34.2. The predicted molar refractivity (Wildman–Crippen MR) is 261 cm³/mol. The minimum Gasteiger partial charge on any atom is -0.385 e. The molecule has 2 heterocycles. The number of methoxy groups -OCH3 is 1. The van der Waals surface area contributed by atoms with E-state index in [1.54, 1.807) is 31.0 Å². The number of piperazine rings is 2. The Morgan fingerprint density at radius 3 is 2.33 bits per heavy atom. The van der Waals surface area contributed by atoms with Crippen LogP contribution in [0.1, 0.15) is 48.5 Å². The molecule has 0 saturated carbocycles. The van der Waals surface area contributed by atoms with Gasteiger partial charge in [-0.15, -0.1) is 24.2 Å². The number of hydrogen-bond donors (Lipinski definition) is 3. The van der Waals surface area contributed by atoms with Crippen molar-refractivity contribution >= 4 is 74.3 Å². The van der Waals surface area contributed by atoms with Gasteiger partial charge in [-0.2, -0.15) is 0 Å². The van der Waals surface area contributed by atoms with Crippen LogP contribution in [0.5, 0.6) is 0 Å². The van der Waals surface area contributed by atoms with Gasteiger partial charge in [0.1, 0.15) is 5.69 Å². The lowest BCUT2D eigenvalue weighted by Gasteiger charge is -2.43. The average molecular weight is 953 g/mol. The van der Waals surface area contributed by atoms with Gasteiger partial charge in [0.2, 0.25) is 0 Å². The average Bonchev–Trinajstić information content (AvgIpc) is 3.28. The molecule has 1 aliphatic carbocycles. The molecular weight excluding hydrogens is 894 g/mol. The van der Waals surface area contributed by atoms with Gasteiger partial charge in [-0.1, -0.05) is 54.4 Å². The Bertz CT molecular complexity index is 2330. The van der Waals surface area contributed by atoms with Crippen LogP contribution in [0.2, 0.25) is 5.02 Å².